The van der Waals surface area contributed by atoms with Gasteiger partial charge >= 0.3 is 0 Å². The van der Waals surface area contributed by atoms with Crippen molar-refractivity contribution in [2.45, 2.75) is 38.3 Å². The van der Waals surface area contributed by atoms with E-state index >= 15 is 0 Å². The number of carbonyl (C=O) groups excluding carboxylic acids is 1. The molecule has 2 aliphatic heterocycles. The number of piperazine rings is 1. The van der Waals surface area contributed by atoms with E-state index in [1.54, 1.807) is 6.07 Å². The summed E-state index contributed by atoms with van der Waals surface area (Å²) in [6.45, 7) is 6.64. The van der Waals surface area contributed by atoms with Crippen molar-refractivity contribution in [1.29, 1.82) is 0 Å². The Kier molecular flexibility index (Phi) is 5.91. The van der Waals surface area contributed by atoms with Gasteiger partial charge in [-0.25, -0.2) is 4.39 Å². The quantitative estimate of drug-likeness (QED) is 0.873. The Labute approximate surface area is 149 Å². The highest BCUT2D eigenvalue weighted by atomic mass is 19.1. The summed E-state index contributed by atoms with van der Waals surface area (Å²) < 4.78 is 13.9. The topological polar surface area (TPSA) is 47.6 Å². The van der Waals surface area contributed by atoms with Gasteiger partial charge in [0.25, 0.3) is 0 Å². The maximum absolute atomic E-state index is 13.9. The summed E-state index contributed by atoms with van der Waals surface area (Å²) in [5, 5.41) is 6.34. The van der Waals surface area contributed by atoms with Crippen molar-refractivity contribution >= 4 is 11.6 Å². The highest BCUT2D eigenvalue weighted by Gasteiger charge is 2.25. The zero-order valence-corrected chi connectivity index (χ0v) is 15.2. The zero-order valence-electron chi connectivity index (χ0n) is 15.2. The Morgan fingerprint density at radius 2 is 2.04 bits per heavy atom. The van der Waals surface area contributed by atoms with Gasteiger partial charge in [0.1, 0.15) is 5.82 Å². The Bertz CT molecular complexity index is 595. The summed E-state index contributed by atoms with van der Waals surface area (Å²) in [5.41, 5.74) is 1.88. The van der Waals surface area contributed by atoms with Gasteiger partial charge in [0.15, 0.2) is 0 Å². The number of hydrogen-bond acceptors (Lipinski definition) is 4. The molecule has 0 radical (unpaired) electrons. The van der Waals surface area contributed by atoms with Crippen LogP contribution in [0.2, 0.25) is 0 Å². The standard InChI is InChI=1S/C19H29FN4O/c1-14(22-19(25)17-5-3-4-8-21-17)16-13-15(20)6-7-18(16)24-11-9-23(2)10-12-24/h6-7,13-14,17,21H,3-5,8-12H2,1-2H3,(H,22,25). The second kappa shape index (κ2) is 8.15. The third kappa shape index (κ3) is 4.50. The van der Waals surface area contributed by atoms with Crippen LogP contribution >= 0.6 is 0 Å². The summed E-state index contributed by atoms with van der Waals surface area (Å²) in [6.07, 6.45) is 3.07. The third-order valence-electron chi connectivity index (χ3n) is 5.29. The SMILES string of the molecule is CC(NC(=O)C1CCCCN1)c1cc(F)ccc1N1CCN(C)CC1. The molecule has 2 atom stereocenters. The van der Waals surface area contributed by atoms with E-state index < -0.39 is 0 Å². The highest BCUT2D eigenvalue weighted by Crippen LogP contribution is 2.28. The number of amides is 1. The van der Waals surface area contributed by atoms with Crippen molar-refractivity contribution in [3.05, 3.63) is 29.6 Å². The largest absolute Gasteiger partial charge is 0.369 e. The average molecular weight is 348 g/mol. The lowest BCUT2D eigenvalue weighted by Crippen LogP contribution is -2.47. The van der Waals surface area contributed by atoms with Gasteiger partial charge in [0, 0.05) is 37.4 Å². The molecule has 3 rings (SSSR count). The molecule has 25 heavy (non-hydrogen) atoms. The molecular formula is C19H29FN4O. The number of hydrogen-bond donors (Lipinski definition) is 2. The van der Waals surface area contributed by atoms with Gasteiger partial charge < -0.3 is 20.4 Å². The number of carbonyl (C=O) groups is 1. The van der Waals surface area contributed by atoms with Gasteiger partial charge in [-0.3, -0.25) is 4.79 Å². The number of benzene rings is 1. The Balaban J connectivity index is 1.73. The molecule has 0 spiro atoms. The van der Waals surface area contributed by atoms with E-state index in [1.807, 2.05) is 13.0 Å². The minimum absolute atomic E-state index is 0.0146. The second-order valence-electron chi connectivity index (χ2n) is 7.23. The third-order valence-corrected chi connectivity index (χ3v) is 5.29. The van der Waals surface area contributed by atoms with Crippen molar-refractivity contribution < 1.29 is 9.18 Å². The molecule has 5 nitrogen and oxygen atoms in total. The minimum atomic E-state index is -0.259. The van der Waals surface area contributed by atoms with Gasteiger partial charge in [0.05, 0.1) is 12.1 Å². The monoisotopic (exact) mass is 348 g/mol. The van der Waals surface area contributed by atoms with Crippen molar-refractivity contribution in [3.8, 4) is 0 Å². The van der Waals surface area contributed by atoms with Crippen LogP contribution in [0.1, 0.15) is 37.8 Å². The Morgan fingerprint density at radius 3 is 2.72 bits per heavy atom. The van der Waals surface area contributed by atoms with Gasteiger partial charge in [-0.05, 0) is 51.6 Å². The predicted molar refractivity (Wildman–Crippen MR) is 98.3 cm³/mol. The van der Waals surface area contributed by atoms with Gasteiger partial charge in [-0.15, -0.1) is 0 Å². The Hall–Kier alpha value is -1.66. The molecule has 0 aromatic heterocycles. The first-order chi connectivity index (χ1) is 12.0. The van der Waals surface area contributed by atoms with Gasteiger partial charge in [0.2, 0.25) is 5.91 Å². The summed E-state index contributed by atoms with van der Waals surface area (Å²) >= 11 is 0. The van der Waals surface area contributed by atoms with Crippen LogP contribution in [0.25, 0.3) is 0 Å². The number of nitrogens with one attached hydrogen (secondary N) is 2. The smallest absolute Gasteiger partial charge is 0.237 e. The van der Waals surface area contributed by atoms with E-state index in [4.69, 9.17) is 0 Å². The number of rotatable bonds is 4. The van der Waals surface area contributed by atoms with E-state index in [1.165, 1.54) is 6.07 Å². The molecule has 2 aliphatic rings. The van der Waals surface area contributed by atoms with Crippen LogP contribution in [-0.2, 0) is 4.79 Å². The minimum Gasteiger partial charge on any atom is -0.369 e. The molecule has 1 aromatic carbocycles. The van der Waals surface area contributed by atoms with Crippen LogP contribution in [0.3, 0.4) is 0 Å². The van der Waals surface area contributed by atoms with Crippen molar-refractivity contribution in [2.24, 2.45) is 0 Å². The van der Waals surface area contributed by atoms with Crippen LogP contribution in [-0.4, -0.2) is 56.6 Å². The van der Waals surface area contributed by atoms with E-state index in [9.17, 15) is 9.18 Å². The first-order valence-electron chi connectivity index (χ1n) is 9.31. The predicted octanol–water partition coefficient (Wildman–Crippen LogP) is 1.90. The van der Waals surface area contributed by atoms with Gasteiger partial charge in [-0.1, -0.05) is 6.42 Å². The Morgan fingerprint density at radius 1 is 1.28 bits per heavy atom. The number of piperidine rings is 1. The lowest BCUT2D eigenvalue weighted by atomic mass is 10.0. The number of anilines is 1. The lowest BCUT2D eigenvalue weighted by Gasteiger charge is -2.36. The fourth-order valence-electron chi connectivity index (χ4n) is 3.67. The summed E-state index contributed by atoms with van der Waals surface area (Å²) in [5.74, 6) is -0.245. The molecule has 0 bridgehead atoms. The molecular weight excluding hydrogens is 319 g/mol. The average Bonchev–Trinajstić information content (AvgIpc) is 2.63. The molecule has 0 aliphatic carbocycles. The molecule has 6 heteroatoms. The van der Waals surface area contributed by atoms with Crippen molar-refractivity contribution in [2.75, 3.05) is 44.7 Å². The number of likely N-dealkylation sites (N-methyl/N-ethyl adjacent to an activating group) is 1. The normalized spacial score (nSPS) is 23.3. The first kappa shape index (κ1) is 18.1. The van der Waals surface area contributed by atoms with Crippen molar-refractivity contribution in [3.63, 3.8) is 0 Å². The van der Waals surface area contributed by atoms with Crippen LogP contribution in [0.5, 0.6) is 0 Å². The lowest BCUT2D eigenvalue weighted by molar-refractivity contribution is -0.124. The molecule has 2 saturated heterocycles. The van der Waals surface area contributed by atoms with E-state index in [-0.39, 0.29) is 23.8 Å². The maximum Gasteiger partial charge on any atom is 0.237 e. The second-order valence-corrected chi connectivity index (χ2v) is 7.23. The van der Waals surface area contributed by atoms with Crippen LogP contribution in [0.15, 0.2) is 18.2 Å². The van der Waals surface area contributed by atoms with Crippen molar-refractivity contribution in [1.82, 2.24) is 15.5 Å². The zero-order chi connectivity index (χ0) is 17.8. The molecule has 1 aromatic rings. The van der Waals surface area contributed by atoms with E-state index in [0.29, 0.717) is 0 Å². The molecule has 0 saturated carbocycles. The highest BCUT2D eigenvalue weighted by molar-refractivity contribution is 5.82. The fourth-order valence-corrected chi connectivity index (χ4v) is 3.67. The maximum atomic E-state index is 13.9. The molecule has 1 amide bonds. The summed E-state index contributed by atoms with van der Waals surface area (Å²) in [4.78, 5) is 17.1. The van der Waals surface area contributed by atoms with Gasteiger partial charge in [-0.2, -0.15) is 0 Å². The van der Waals surface area contributed by atoms with Crippen LogP contribution < -0.4 is 15.5 Å². The number of nitrogens with zero attached hydrogens (tertiary/aromatic N) is 2. The van der Waals surface area contributed by atoms with E-state index in [2.05, 4.69) is 27.5 Å². The summed E-state index contributed by atoms with van der Waals surface area (Å²) in [6, 6.07) is 4.57. The fraction of sp³-hybridized carbons (Fsp3) is 0.632. The number of halogens is 1. The molecule has 2 heterocycles. The van der Waals surface area contributed by atoms with Crippen LogP contribution in [0, 0.1) is 5.82 Å². The van der Waals surface area contributed by atoms with E-state index in [0.717, 1.165) is 63.2 Å². The summed E-state index contributed by atoms with van der Waals surface area (Å²) in [7, 11) is 2.11. The first-order valence-corrected chi connectivity index (χ1v) is 9.31. The molecule has 2 fully saturated rings. The van der Waals surface area contributed by atoms with Crippen LogP contribution in [0.4, 0.5) is 10.1 Å². The molecule has 138 valence electrons. The molecule has 2 N–H and O–H groups in total. The molecule has 2 unspecified atom stereocenters.